The van der Waals surface area contributed by atoms with Gasteiger partial charge in [0.15, 0.2) is 0 Å². The van der Waals surface area contributed by atoms with Gasteiger partial charge in [-0.1, -0.05) is 18.2 Å². The van der Waals surface area contributed by atoms with Gasteiger partial charge in [0.2, 0.25) is 0 Å². The van der Waals surface area contributed by atoms with Crippen molar-refractivity contribution in [2.45, 2.75) is 33.4 Å². The number of nitrogens with zero attached hydrogens (tertiary/aromatic N) is 3. The minimum atomic E-state index is -0.751. The minimum absolute atomic E-state index is 0.0692. The Kier molecular flexibility index (Phi) is 7.38. The molecule has 2 aromatic carbocycles. The van der Waals surface area contributed by atoms with Crippen molar-refractivity contribution in [3.63, 3.8) is 0 Å². The molecule has 0 bridgehead atoms. The van der Waals surface area contributed by atoms with E-state index in [-0.39, 0.29) is 17.9 Å². The zero-order chi connectivity index (χ0) is 25.8. The van der Waals surface area contributed by atoms with Gasteiger partial charge in [-0.05, 0) is 74.4 Å². The van der Waals surface area contributed by atoms with E-state index in [2.05, 4.69) is 23.7 Å². The number of benzene rings is 2. The van der Waals surface area contributed by atoms with Gasteiger partial charge in [-0.25, -0.2) is 0 Å². The van der Waals surface area contributed by atoms with E-state index >= 15 is 0 Å². The first-order valence-corrected chi connectivity index (χ1v) is 12.1. The molecule has 7 nitrogen and oxygen atoms in total. The van der Waals surface area contributed by atoms with Gasteiger partial charge in [-0.3, -0.25) is 14.6 Å². The number of aliphatic hydroxyl groups excluding tert-OH is 1. The second-order valence-corrected chi connectivity index (χ2v) is 8.69. The van der Waals surface area contributed by atoms with Crippen LogP contribution < -0.4 is 9.64 Å². The summed E-state index contributed by atoms with van der Waals surface area (Å²) in [6, 6.07) is 17.7. The summed E-state index contributed by atoms with van der Waals surface area (Å²) in [5.74, 6) is -0.930. The molecule has 1 amide bonds. The maximum atomic E-state index is 13.3. The van der Waals surface area contributed by atoms with Crippen molar-refractivity contribution in [1.29, 1.82) is 0 Å². The molecule has 0 radical (unpaired) electrons. The van der Waals surface area contributed by atoms with Gasteiger partial charge in [0.1, 0.15) is 11.5 Å². The fourth-order valence-corrected chi connectivity index (χ4v) is 4.69. The van der Waals surface area contributed by atoms with Crippen LogP contribution in [-0.4, -0.2) is 46.9 Å². The number of Topliss-reactive ketones (excluding diaryl/α,β-unsaturated/α-hetero) is 1. The van der Waals surface area contributed by atoms with Crippen molar-refractivity contribution in [1.82, 2.24) is 9.88 Å². The van der Waals surface area contributed by atoms with Gasteiger partial charge in [-0.15, -0.1) is 0 Å². The summed E-state index contributed by atoms with van der Waals surface area (Å²) in [5, 5.41) is 11.4. The number of anilines is 1. The van der Waals surface area contributed by atoms with Gasteiger partial charge in [0.25, 0.3) is 11.7 Å². The summed E-state index contributed by atoms with van der Waals surface area (Å²) in [6.07, 6.45) is 1.65. The highest BCUT2D eigenvalue weighted by Crippen LogP contribution is 2.41. The molecule has 1 N–H and O–H groups in total. The summed E-state index contributed by atoms with van der Waals surface area (Å²) >= 11 is 0. The number of aryl methyl sites for hydroxylation is 1. The SMILES string of the molecule is CCN(CC)c1ccc(C2/C(=C(/O)c3ccc(OC)cc3C)C(=O)C(=O)N2Cc2ccccn2)cc1. The predicted molar refractivity (Wildman–Crippen MR) is 140 cm³/mol. The Balaban J connectivity index is 1.85. The molecule has 0 spiro atoms. The maximum absolute atomic E-state index is 13.3. The van der Waals surface area contributed by atoms with Crippen molar-refractivity contribution >= 4 is 23.1 Å². The predicted octanol–water partition coefficient (Wildman–Crippen LogP) is 4.87. The summed E-state index contributed by atoms with van der Waals surface area (Å²) in [6.45, 7) is 7.89. The number of hydrogen-bond acceptors (Lipinski definition) is 6. The van der Waals surface area contributed by atoms with Crippen LogP contribution in [0.25, 0.3) is 5.76 Å². The molecule has 1 fully saturated rings. The van der Waals surface area contributed by atoms with E-state index in [1.807, 2.05) is 43.3 Å². The Morgan fingerprint density at radius 2 is 1.78 bits per heavy atom. The van der Waals surface area contributed by atoms with E-state index in [4.69, 9.17) is 4.74 Å². The molecule has 1 saturated heterocycles. The third-order valence-corrected chi connectivity index (χ3v) is 6.62. The van der Waals surface area contributed by atoms with E-state index in [9.17, 15) is 14.7 Å². The molecule has 1 aliphatic heterocycles. The number of hydrogen-bond donors (Lipinski definition) is 1. The highest BCUT2D eigenvalue weighted by atomic mass is 16.5. The van der Waals surface area contributed by atoms with Crippen molar-refractivity contribution in [2.24, 2.45) is 0 Å². The summed E-state index contributed by atoms with van der Waals surface area (Å²) < 4.78 is 5.28. The minimum Gasteiger partial charge on any atom is -0.507 e. The number of ether oxygens (including phenoxy) is 1. The first-order valence-electron chi connectivity index (χ1n) is 12.1. The van der Waals surface area contributed by atoms with Crippen LogP contribution in [0.2, 0.25) is 0 Å². The van der Waals surface area contributed by atoms with Crippen molar-refractivity contribution in [2.75, 3.05) is 25.1 Å². The number of pyridine rings is 1. The topological polar surface area (TPSA) is 83.0 Å². The van der Waals surface area contributed by atoms with Gasteiger partial charge in [-0.2, -0.15) is 0 Å². The van der Waals surface area contributed by atoms with Crippen molar-refractivity contribution in [3.05, 3.63) is 94.8 Å². The van der Waals surface area contributed by atoms with Crippen molar-refractivity contribution < 1.29 is 19.4 Å². The highest BCUT2D eigenvalue weighted by molar-refractivity contribution is 6.46. The molecule has 186 valence electrons. The molecule has 0 aliphatic carbocycles. The van der Waals surface area contributed by atoms with Gasteiger partial charge in [0.05, 0.1) is 31.0 Å². The lowest BCUT2D eigenvalue weighted by Crippen LogP contribution is -2.29. The van der Waals surface area contributed by atoms with Crippen LogP contribution in [0.1, 0.15) is 42.3 Å². The zero-order valence-corrected chi connectivity index (χ0v) is 21.1. The fourth-order valence-electron chi connectivity index (χ4n) is 4.69. The number of aromatic nitrogens is 1. The van der Waals surface area contributed by atoms with E-state index in [1.165, 1.54) is 4.90 Å². The monoisotopic (exact) mass is 485 g/mol. The molecule has 3 aromatic rings. The summed E-state index contributed by atoms with van der Waals surface area (Å²) in [5.41, 5.74) is 3.74. The lowest BCUT2D eigenvalue weighted by Gasteiger charge is -2.26. The molecule has 1 aliphatic rings. The van der Waals surface area contributed by atoms with Crippen LogP contribution in [0.3, 0.4) is 0 Å². The Labute approximate surface area is 211 Å². The van der Waals surface area contributed by atoms with Crippen LogP contribution in [-0.2, 0) is 16.1 Å². The normalized spacial score (nSPS) is 16.9. The van der Waals surface area contributed by atoms with Gasteiger partial charge >= 0.3 is 0 Å². The van der Waals surface area contributed by atoms with E-state index in [1.54, 1.807) is 37.6 Å². The lowest BCUT2D eigenvalue weighted by molar-refractivity contribution is -0.140. The third kappa shape index (κ3) is 4.69. The number of carbonyl (C=O) groups is 2. The highest BCUT2D eigenvalue weighted by Gasteiger charge is 2.46. The number of rotatable bonds is 8. The zero-order valence-electron chi connectivity index (χ0n) is 21.1. The number of carbonyl (C=O) groups excluding carboxylic acids is 2. The Morgan fingerprint density at radius 1 is 1.06 bits per heavy atom. The molecule has 1 unspecified atom stereocenters. The van der Waals surface area contributed by atoms with Crippen molar-refractivity contribution in [3.8, 4) is 5.75 Å². The average molecular weight is 486 g/mol. The molecule has 1 atom stereocenters. The second-order valence-electron chi connectivity index (χ2n) is 8.69. The Hall–Kier alpha value is -4.13. The Morgan fingerprint density at radius 3 is 2.36 bits per heavy atom. The number of likely N-dealkylation sites (tertiary alicyclic amines) is 1. The fraction of sp³-hybridized carbons (Fsp3) is 0.276. The maximum Gasteiger partial charge on any atom is 0.296 e. The summed E-state index contributed by atoms with van der Waals surface area (Å²) in [4.78, 5) is 34.7. The molecule has 4 rings (SSSR count). The first-order chi connectivity index (χ1) is 17.4. The van der Waals surface area contributed by atoms with Gasteiger partial charge in [0, 0.05) is 30.5 Å². The lowest BCUT2D eigenvalue weighted by atomic mass is 9.93. The van der Waals surface area contributed by atoms with Crippen LogP contribution in [0.5, 0.6) is 5.75 Å². The molecular formula is C29H31N3O4. The second kappa shape index (κ2) is 10.6. The third-order valence-electron chi connectivity index (χ3n) is 6.62. The van der Waals surface area contributed by atoms with Gasteiger partial charge < -0.3 is 19.6 Å². The van der Waals surface area contributed by atoms with Crippen LogP contribution in [0, 0.1) is 6.92 Å². The standard InChI is InChI=1S/C29H31N3O4/c1-5-31(6-2)22-12-10-20(11-13-22)26-25(27(33)24-15-14-23(36-4)17-19(24)3)28(34)29(35)32(26)18-21-9-7-8-16-30-21/h7-17,26,33H,5-6,18H2,1-4H3/b27-25-. The number of ketones is 1. The largest absolute Gasteiger partial charge is 0.507 e. The average Bonchev–Trinajstić information content (AvgIpc) is 3.15. The van der Waals surface area contributed by atoms with E-state index in [0.29, 0.717) is 17.0 Å². The molecule has 7 heteroatoms. The molecule has 2 heterocycles. The van der Waals surface area contributed by atoms with E-state index in [0.717, 1.165) is 29.9 Å². The molecular weight excluding hydrogens is 454 g/mol. The number of methoxy groups -OCH3 is 1. The number of aliphatic hydroxyl groups is 1. The quantitative estimate of drug-likeness (QED) is 0.279. The van der Waals surface area contributed by atoms with Crippen LogP contribution in [0.15, 0.2) is 72.4 Å². The Bertz CT molecular complexity index is 1280. The smallest absolute Gasteiger partial charge is 0.296 e. The van der Waals surface area contributed by atoms with Crippen LogP contribution in [0.4, 0.5) is 5.69 Å². The molecule has 0 saturated carbocycles. The number of amides is 1. The first kappa shape index (κ1) is 25.0. The molecule has 36 heavy (non-hydrogen) atoms. The van der Waals surface area contributed by atoms with E-state index < -0.39 is 17.7 Å². The van der Waals surface area contributed by atoms with Crippen LogP contribution >= 0.6 is 0 Å². The molecule has 1 aromatic heterocycles. The summed E-state index contributed by atoms with van der Waals surface area (Å²) in [7, 11) is 1.57.